The topological polar surface area (TPSA) is 26.3 Å². The molecule has 2 aromatic rings. The maximum atomic E-state index is 12.5. The lowest BCUT2D eigenvalue weighted by Crippen LogP contribution is -2.05. The van der Waals surface area contributed by atoms with E-state index in [1.807, 2.05) is 0 Å². The number of alkyl halides is 3. The van der Waals surface area contributed by atoms with Crippen molar-refractivity contribution in [3.8, 4) is 5.75 Å². The average Bonchev–Trinajstić information content (AvgIpc) is 2.52. The van der Waals surface area contributed by atoms with Crippen molar-refractivity contribution < 1.29 is 22.7 Å². The highest BCUT2D eigenvalue weighted by molar-refractivity contribution is 6.06. The standard InChI is InChI=1S/C17H13F3O2/c1-22-15-4-2-3-12(11-15)5-10-16(21)13-6-8-14(9-7-13)17(18,19)20/h2-11H,1H3/b10-5+. The van der Waals surface area contributed by atoms with Gasteiger partial charge in [-0.1, -0.05) is 30.3 Å². The van der Waals surface area contributed by atoms with Gasteiger partial charge in [0.2, 0.25) is 0 Å². The van der Waals surface area contributed by atoms with Gasteiger partial charge in [0.1, 0.15) is 5.75 Å². The molecule has 0 atom stereocenters. The molecule has 0 bridgehead atoms. The molecule has 0 unspecified atom stereocenters. The predicted molar refractivity (Wildman–Crippen MR) is 77.8 cm³/mol. The third kappa shape index (κ3) is 3.97. The number of ketones is 1. The highest BCUT2D eigenvalue weighted by Gasteiger charge is 2.30. The van der Waals surface area contributed by atoms with Crippen LogP contribution in [0.2, 0.25) is 0 Å². The lowest BCUT2D eigenvalue weighted by Gasteiger charge is -2.06. The van der Waals surface area contributed by atoms with Crippen molar-refractivity contribution in [1.82, 2.24) is 0 Å². The maximum absolute atomic E-state index is 12.5. The van der Waals surface area contributed by atoms with Crippen molar-refractivity contribution in [2.24, 2.45) is 0 Å². The van der Waals surface area contributed by atoms with Gasteiger partial charge in [-0.2, -0.15) is 13.2 Å². The molecule has 0 fully saturated rings. The molecule has 0 radical (unpaired) electrons. The van der Waals surface area contributed by atoms with Gasteiger partial charge in [0.25, 0.3) is 0 Å². The Balaban J connectivity index is 2.13. The van der Waals surface area contributed by atoms with E-state index in [1.54, 1.807) is 30.3 Å². The van der Waals surface area contributed by atoms with Crippen LogP contribution >= 0.6 is 0 Å². The number of hydrogen-bond donors (Lipinski definition) is 0. The molecule has 0 aliphatic carbocycles. The minimum absolute atomic E-state index is 0.201. The van der Waals surface area contributed by atoms with Gasteiger partial charge in [0.15, 0.2) is 5.78 Å². The van der Waals surface area contributed by atoms with Gasteiger partial charge >= 0.3 is 6.18 Å². The lowest BCUT2D eigenvalue weighted by atomic mass is 10.1. The van der Waals surface area contributed by atoms with Crippen molar-refractivity contribution in [3.63, 3.8) is 0 Å². The minimum Gasteiger partial charge on any atom is -0.497 e. The van der Waals surface area contributed by atoms with Crippen LogP contribution in [0.3, 0.4) is 0 Å². The summed E-state index contributed by atoms with van der Waals surface area (Å²) in [6.07, 6.45) is -1.50. The fourth-order valence-corrected chi connectivity index (χ4v) is 1.84. The van der Waals surface area contributed by atoms with Crippen LogP contribution in [0.25, 0.3) is 6.08 Å². The Bertz CT molecular complexity index is 686. The normalized spacial score (nSPS) is 11.6. The summed E-state index contributed by atoms with van der Waals surface area (Å²) in [6, 6.07) is 11.2. The molecule has 0 N–H and O–H groups in total. The first kappa shape index (κ1) is 15.8. The Morgan fingerprint density at radius 3 is 2.36 bits per heavy atom. The summed E-state index contributed by atoms with van der Waals surface area (Å²) in [6.45, 7) is 0. The number of hydrogen-bond acceptors (Lipinski definition) is 2. The zero-order chi connectivity index (χ0) is 16.2. The number of rotatable bonds is 4. The molecular weight excluding hydrogens is 293 g/mol. The largest absolute Gasteiger partial charge is 0.497 e. The molecule has 0 heterocycles. The summed E-state index contributed by atoms with van der Waals surface area (Å²) >= 11 is 0. The van der Waals surface area contributed by atoms with E-state index < -0.39 is 11.7 Å². The second-order valence-corrected chi connectivity index (χ2v) is 4.55. The molecule has 0 aliphatic heterocycles. The smallest absolute Gasteiger partial charge is 0.416 e. The highest BCUT2D eigenvalue weighted by Crippen LogP contribution is 2.29. The van der Waals surface area contributed by atoms with Crippen LogP contribution in [0.4, 0.5) is 13.2 Å². The number of carbonyl (C=O) groups is 1. The molecule has 22 heavy (non-hydrogen) atoms. The highest BCUT2D eigenvalue weighted by atomic mass is 19.4. The molecular formula is C17H13F3O2. The number of methoxy groups -OCH3 is 1. The summed E-state index contributed by atoms with van der Waals surface area (Å²) < 4.78 is 42.4. The molecule has 0 saturated heterocycles. The predicted octanol–water partition coefficient (Wildman–Crippen LogP) is 4.61. The van der Waals surface area contributed by atoms with Crippen molar-refractivity contribution in [2.45, 2.75) is 6.18 Å². The van der Waals surface area contributed by atoms with E-state index in [-0.39, 0.29) is 11.3 Å². The van der Waals surface area contributed by atoms with Crippen LogP contribution in [0, 0.1) is 0 Å². The SMILES string of the molecule is COc1cccc(/C=C/C(=O)c2ccc(C(F)(F)F)cc2)c1. The van der Waals surface area contributed by atoms with Crippen molar-refractivity contribution in [2.75, 3.05) is 7.11 Å². The Morgan fingerprint density at radius 2 is 1.77 bits per heavy atom. The van der Waals surface area contributed by atoms with Crippen LogP contribution in [0.15, 0.2) is 54.6 Å². The molecule has 2 nitrogen and oxygen atoms in total. The second-order valence-electron chi connectivity index (χ2n) is 4.55. The third-order valence-electron chi connectivity index (χ3n) is 3.02. The van der Waals surface area contributed by atoms with Crippen LogP contribution in [-0.2, 0) is 6.18 Å². The van der Waals surface area contributed by atoms with Gasteiger partial charge in [0, 0.05) is 5.56 Å². The van der Waals surface area contributed by atoms with Crippen LogP contribution in [0.1, 0.15) is 21.5 Å². The maximum Gasteiger partial charge on any atom is 0.416 e. The molecule has 2 rings (SSSR count). The fourth-order valence-electron chi connectivity index (χ4n) is 1.84. The van der Waals surface area contributed by atoms with Crippen LogP contribution in [0.5, 0.6) is 5.75 Å². The van der Waals surface area contributed by atoms with Crippen molar-refractivity contribution in [3.05, 3.63) is 71.3 Å². The molecule has 0 aliphatic rings. The number of allylic oxidation sites excluding steroid dienone is 1. The minimum atomic E-state index is -4.40. The average molecular weight is 306 g/mol. The Hall–Kier alpha value is -2.56. The first-order chi connectivity index (χ1) is 10.4. The molecule has 5 heteroatoms. The van der Waals surface area contributed by atoms with E-state index in [0.717, 1.165) is 17.7 Å². The second kappa shape index (κ2) is 6.47. The van der Waals surface area contributed by atoms with Gasteiger partial charge in [-0.05, 0) is 35.9 Å². The first-order valence-electron chi connectivity index (χ1n) is 6.44. The molecule has 2 aromatic carbocycles. The Labute approximate surface area is 125 Å². The summed E-state index contributed by atoms with van der Waals surface area (Å²) in [7, 11) is 1.54. The summed E-state index contributed by atoms with van der Waals surface area (Å²) in [4.78, 5) is 11.9. The van der Waals surface area contributed by atoms with Crippen molar-refractivity contribution >= 4 is 11.9 Å². The number of halogens is 3. The molecule has 114 valence electrons. The number of carbonyl (C=O) groups excluding carboxylic acids is 1. The first-order valence-corrected chi connectivity index (χ1v) is 6.44. The van der Waals surface area contributed by atoms with Gasteiger partial charge in [-0.25, -0.2) is 0 Å². The van der Waals surface area contributed by atoms with E-state index in [0.29, 0.717) is 5.75 Å². The van der Waals surface area contributed by atoms with Gasteiger partial charge in [-0.3, -0.25) is 4.79 Å². The number of benzene rings is 2. The number of ether oxygens (including phenoxy) is 1. The van der Waals surface area contributed by atoms with Gasteiger partial charge in [0.05, 0.1) is 12.7 Å². The molecule has 0 spiro atoms. The van der Waals surface area contributed by atoms with Gasteiger partial charge < -0.3 is 4.74 Å². The van der Waals surface area contributed by atoms with E-state index in [4.69, 9.17) is 4.74 Å². The Morgan fingerprint density at radius 1 is 1.09 bits per heavy atom. The third-order valence-corrected chi connectivity index (χ3v) is 3.02. The summed E-state index contributed by atoms with van der Waals surface area (Å²) in [5.41, 5.74) is 0.188. The van der Waals surface area contributed by atoms with E-state index in [1.165, 1.54) is 25.3 Å². The van der Waals surface area contributed by atoms with Crippen molar-refractivity contribution in [1.29, 1.82) is 0 Å². The summed E-state index contributed by atoms with van der Waals surface area (Å²) in [5.74, 6) is 0.292. The lowest BCUT2D eigenvalue weighted by molar-refractivity contribution is -0.137. The quantitative estimate of drug-likeness (QED) is 0.609. The monoisotopic (exact) mass is 306 g/mol. The molecule has 0 amide bonds. The van der Waals surface area contributed by atoms with E-state index >= 15 is 0 Å². The van der Waals surface area contributed by atoms with Crippen LogP contribution < -0.4 is 4.74 Å². The zero-order valence-electron chi connectivity index (χ0n) is 11.7. The van der Waals surface area contributed by atoms with Crippen LogP contribution in [-0.4, -0.2) is 12.9 Å². The van der Waals surface area contributed by atoms with E-state index in [9.17, 15) is 18.0 Å². The molecule has 0 saturated carbocycles. The Kier molecular flexibility index (Phi) is 4.65. The fraction of sp³-hybridized carbons (Fsp3) is 0.118. The molecule has 0 aromatic heterocycles. The van der Waals surface area contributed by atoms with Gasteiger partial charge in [-0.15, -0.1) is 0 Å². The van der Waals surface area contributed by atoms with E-state index in [2.05, 4.69) is 0 Å². The zero-order valence-corrected chi connectivity index (χ0v) is 11.7. The summed E-state index contributed by atoms with van der Waals surface area (Å²) in [5, 5.41) is 0.